The third-order valence-corrected chi connectivity index (χ3v) is 3.70. The molecule has 0 fully saturated rings. The Bertz CT molecular complexity index is 881. The van der Waals surface area contributed by atoms with E-state index in [1.54, 1.807) is 12.1 Å². The lowest BCUT2D eigenvalue weighted by atomic mass is 10.2. The molecule has 0 spiro atoms. The van der Waals surface area contributed by atoms with Gasteiger partial charge in [-0.25, -0.2) is 4.98 Å². The number of amides is 2. The second-order valence-corrected chi connectivity index (χ2v) is 5.45. The lowest BCUT2D eigenvalue weighted by molar-refractivity contribution is -0.118. The van der Waals surface area contributed by atoms with Crippen LogP contribution in [0, 0.1) is 0 Å². The van der Waals surface area contributed by atoms with Crippen LogP contribution >= 0.6 is 0 Å². The number of fused-ring (bicyclic) bond motifs is 1. The molecule has 0 aliphatic carbocycles. The summed E-state index contributed by atoms with van der Waals surface area (Å²) < 4.78 is 7.06. The minimum absolute atomic E-state index is 0.0586. The van der Waals surface area contributed by atoms with Crippen molar-refractivity contribution in [2.45, 2.75) is 13.3 Å². The first kappa shape index (κ1) is 15.8. The molecular weight excluding hydrogens is 308 g/mol. The smallest absolute Gasteiger partial charge is 0.291 e. The predicted octanol–water partition coefficient (Wildman–Crippen LogP) is 2.10. The van der Waals surface area contributed by atoms with E-state index in [0.29, 0.717) is 18.7 Å². The molecule has 0 bridgehead atoms. The van der Waals surface area contributed by atoms with Crippen molar-refractivity contribution in [3.8, 4) is 0 Å². The van der Waals surface area contributed by atoms with E-state index in [1.165, 1.54) is 13.2 Å². The summed E-state index contributed by atoms with van der Waals surface area (Å²) in [5.74, 6) is 0.762. The normalized spacial score (nSPS) is 10.8. The van der Waals surface area contributed by atoms with Gasteiger partial charge in [-0.05, 0) is 30.3 Å². The van der Waals surface area contributed by atoms with Crippen molar-refractivity contribution in [2.24, 2.45) is 7.05 Å². The van der Waals surface area contributed by atoms with Gasteiger partial charge in [-0.2, -0.15) is 0 Å². The topological polar surface area (TPSA) is 89.2 Å². The summed E-state index contributed by atoms with van der Waals surface area (Å²) in [5.41, 5.74) is 2.40. The fraction of sp³-hybridized carbons (Fsp3) is 0.235. The molecule has 7 nitrogen and oxygen atoms in total. The molecule has 0 aliphatic rings. The molecule has 3 aromatic rings. The minimum Gasteiger partial charge on any atom is -0.459 e. The summed E-state index contributed by atoms with van der Waals surface area (Å²) in [6, 6.07) is 8.81. The molecule has 2 aromatic heterocycles. The van der Waals surface area contributed by atoms with E-state index in [9.17, 15) is 9.59 Å². The van der Waals surface area contributed by atoms with Crippen molar-refractivity contribution < 1.29 is 14.0 Å². The van der Waals surface area contributed by atoms with Crippen LogP contribution in [0.5, 0.6) is 0 Å². The number of carbonyl (C=O) groups excluding carboxylic acids is 2. The standard InChI is InChI=1S/C17H18N4O3/c1-11(22)18-8-7-16-20-13-10-12(5-6-14(13)21(16)2)19-17(23)15-4-3-9-24-15/h3-6,9-10H,7-8H2,1-2H3,(H,18,22)(H,19,23). The average Bonchev–Trinajstić information content (AvgIpc) is 3.16. The molecule has 2 amide bonds. The number of aromatic nitrogens is 2. The van der Waals surface area contributed by atoms with Crippen molar-refractivity contribution >= 4 is 28.5 Å². The molecule has 1 aromatic carbocycles. The summed E-state index contributed by atoms with van der Waals surface area (Å²) in [6.45, 7) is 2.03. The van der Waals surface area contributed by atoms with Crippen molar-refractivity contribution in [2.75, 3.05) is 11.9 Å². The molecule has 0 saturated carbocycles. The molecule has 124 valence electrons. The van der Waals surface area contributed by atoms with Crippen LogP contribution in [0.15, 0.2) is 41.0 Å². The van der Waals surface area contributed by atoms with Crippen LogP contribution in [0.2, 0.25) is 0 Å². The molecule has 24 heavy (non-hydrogen) atoms. The Morgan fingerprint density at radius 2 is 2.12 bits per heavy atom. The van der Waals surface area contributed by atoms with Gasteiger partial charge >= 0.3 is 0 Å². The van der Waals surface area contributed by atoms with E-state index in [-0.39, 0.29) is 17.6 Å². The van der Waals surface area contributed by atoms with Crippen LogP contribution in [0.1, 0.15) is 23.3 Å². The first-order valence-electron chi connectivity index (χ1n) is 7.59. The molecule has 0 saturated heterocycles. The van der Waals surface area contributed by atoms with Crippen LogP contribution in [-0.2, 0) is 18.3 Å². The molecule has 7 heteroatoms. The van der Waals surface area contributed by atoms with Gasteiger partial charge < -0.3 is 19.6 Å². The zero-order valence-corrected chi connectivity index (χ0v) is 13.5. The Kier molecular flexibility index (Phi) is 4.33. The van der Waals surface area contributed by atoms with Gasteiger partial charge in [-0.1, -0.05) is 0 Å². The molecule has 0 atom stereocenters. The lowest BCUT2D eigenvalue weighted by Gasteiger charge is -2.04. The van der Waals surface area contributed by atoms with E-state index in [0.717, 1.165) is 16.9 Å². The third kappa shape index (κ3) is 3.29. The van der Waals surface area contributed by atoms with E-state index < -0.39 is 0 Å². The number of benzene rings is 1. The highest BCUT2D eigenvalue weighted by Crippen LogP contribution is 2.20. The quantitative estimate of drug-likeness (QED) is 0.751. The van der Waals surface area contributed by atoms with Crippen molar-refractivity contribution in [1.82, 2.24) is 14.9 Å². The zero-order chi connectivity index (χ0) is 17.1. The maximum Gasteiger partial charge on any atom is 0.291 e. The number of anilines is 1. The number of hydrogen-bond donors (Lipinski definition) is 2. The fourth-order valence-electron chi connectivity index (χ4n) is 2.50. The maximum absolute atomic E-state index is 12.0. The van der Waals surface area contributed by atoms with Gasteiger partial charge in [0.1, 0.15) is 5.82 Å². The zero-order valence-electron chi connectivity index (χ0n) is 13.5. The average molecular weight is 326 g/mol. The first-order chi connectivity index (χ1) is 11.5. The molecule has 2 N–H and O–H groups in total. The predicted molar refractivity (Wildman–Crippen MR) is 89.8 cm³/mol. The number of furan rings is 1. The molecule has 3 rings (SSSR count). The Morgan fingerprint density at radius 1 is 1.29 bits per heavy atom. The van der Waals surface area contributed by atoms with E-state index in [1.807, 2.05) is 29.8 Å². The summed E-state index contributed by atoms with van der Waals surface area (Å²) in [4.78, 5) is 27.5. The SMILES string of the molecule is CC(=O)NCCc1nc2cc(NC(=O)c3ccco3)ccc2n1C. The molecular formula is C17H18N4O3. The fourth-order valence-corrected chi connectivity index (χ4v) is 2.50. The van der Waals surface area contributed by atoms with Gasteiger partial charge in [0, 0.05) is 32.6 Å². The van der Waals surface area contributed by atoms with E-state index in [2.05, 4.69) is 15.6 Å². The summed E-state index contributed by atoms with van der Waals surface area (Å²) >= 11 is 0. The van der Waals surface area contributed by atoms with E-state index >= 15 is 0 Å². The second-order valence-electron chi connectivity index (χ2n) is 5.45. The van der Waals surface area contributed by atoms with Gasteiger partial charge in [0.25, 0.3) is 5.91 Å². The highest BCUT2D eigenvalue weighted by atomic mass is 16.3. The highest BCUT2D eigenvalue weighted by molar-refractivity contribution is 6.03. The second kappa shape index (κ2) is 6.57. The van der Waals surface area contributed by atoms with Crippen LogP contribution in [0.3, 0.4) is 0 Å². The van der Waals surface area contributed by atoms with Gasteiger partial charge in [0.2, 0.25) is 5.91 Å². The number of carbonyl (C=O) groups is 2. The van der Waals surface area contributed by atoms with Crippen molar-refractivity contribution in [3.05, 3.63) is 48.2 Å². The molecule has 2 heterocycles. The summed E-state index contributed by atoms with van der Waals surface area (Å²) in [7, 11) is 1.93. The number of imidazole rings is 1. The Labute approximate surface area is 138 Å². The molecule has 0 unspecified atom stereocenters. The first-order valence-corrected chi connectivity index (χ1v) is 7.59. The number of rotatable bonds is 5. The summed E-state index contributed by atoms with van der Waals surface area (Å²) in [5, 5.41) is 5.54. The van der Waals surface area contributed by atoms with Crippen molar-refractivity contribution in [1.29, 1.82) is 0 Å². The largest absolute Gasteiger partial charge is 0.459 e. The Morgan fingerprint density at radius 3 is 2.83 bits per heavy atom. The Balaban J connectivity index is 1.78. The van der Waals surface area contributed by atoms with Gasteiger partial charge in [-0.3, -0.25) is 9.59 Å². The monoisotopic (exact) mass is 326 g/mol. The Hall–Kier alpha value is -3.09. The van der Waals surface area contributed by atoms with Crippen LogP contribution in [0.25, 0.3) is 11.0 Å². The van der Waals surface area contributed by atoms with Gasteiger partial charge in [-0.15, -0.1) is 0 Å². The number of hydrogen-bond acceptors (Lipinski definition) is 4. The van der Waals surface area contributed by atoms with E-state index in [4.69, 9.17) is 4.42 Å². The number of aryl methyl sites for hydroxylation is 1. The van der Waals surface area contributed by atoms with Gasteiger partial charge in [0.15, 0.2) is 5.76 Å². The lowest BCUT2D eigenvalue weighted by Crippen LogP contribution is -2.23. The highest BCUT2D eigenvalue weighted by Gasteiger charge is 2.12. The van der Waals surface area contributed by atoms with Crippen molar-refractivity contribution in [3.63, 3.8) is 0 Å². The maximum atomic E-state index is 12.0. The third-order valence-electron chi connectivity index (χ3n) is 3.70. The summed E-state index contributed by atoms with van der Waals surface area (Å²) in [6.07, 6.45) is 2.09. The van der Waals surface area contributed by atoms with Gasteiger partial charge in [0.05, 0.1) is 17.3 Å². The van der Waals surface area contributed by atoms with Crippen LogP contribution in [0.4, 0.5) is 5.69 Å². The molecule has 0 radical (unpaired) electrons. The van der Waals surface area contributed by atoms with Crippen LogP contribution in [-0.4, -0.2) is 27.9 Å². The molecule has 0 aliphatic heterocycles. The number of nitrogens with one attached hydrogen (secondary N) is 2. The minimum atomic E-state index is -0.304. The van der Waals surface area contributed by atoms with Crippen LogP contribution < -0.4 is 10.6 Å². The number of nitrogens with zero attached hydrogens (tertiary/aromatic N) is 2.